The van der Waals surface area contributed by atoms with E-state index in [9.17, 15) is 0 Å². The summed E-state index contributed by atoms with van der Waals surface area (Å²) in [5, 5.41) is 9.10. The maximum atomic E-state index is 5.06. The van der Waals surface area contributed by atoms with Crippen LogP contribution in [-0.4, -0.2) is 56.2 Å². The monoisotopic (exact) mass is 477 g/mol. The Labute approximate surface area is 210 Å². The summed E-state index contributed by atoms with van der Waals surface area (Å²) in [5.41, 5.74) is 9.32. The third-order valence-electron chi connectivity index (χ3n) is 7.70. The van der Waals surface area contributed by atoms with Gasteiger partial charge in [-0.25, -0.2) is 4.98 Å². The van der Waals surface area contributed by atoms with E-state index in [-0.39, 0.29) is 0 Å². The molecule has 7 heteroatoms. The number of pyridine rings is 2. The minimum absolute atomic E-state index is 0.855. The number of H-pyrrole nitrogens is 2. The van der Waals surface area contributed by atoms with Crippen LogP contribution < -0.4 is 4.90 Å². The highest BCUT2D eigenvalue weighted by atomic mass is 15.1. The number of anilines is 1. The number of hydrogen-bond donors (Lipinski definition) is 2. The van der Waals surface area contributed by atoms with E-state index >= 15 is 0 Å². The smallest absolute Gasteiger partial charge is 0.135 e. The molecular formula is C29H31N7. The third-order valence-corrected chi connectivity index (χ3v) is 7.70. The van der Waals surface area contributed by atoms with Crippen molar-refractivity contribution in [2.24, 2.45) is 0 Å². The highest BCUT2D eigenvalue weighted by molar-refractivity contribution is 5.99. The lowest BCUT2D eigenvalue weighted by Gasteiger charge is -2.29. The van der Waals surface area contributed by atoms with Gasteiger partial charge in [-0.1, -0.05) is 6.07 Å². The van der Waals surface area contributed by atoms with Gasteiger partial charge in [-0.15, -0.1) is 0 Å². The predicted molar refractivity (Wildman–Crippen MR) is 145 cm³/mol. The number of nitrogens with zero attached hydrogens (tertiary/aromatic N) is 5. The lowest BCUT2D eigenvalue weighted by Crippen LogP contribution is -2.29. The molecule has 2 aliphatic rings. The topological polar surface area (TPSA) is 76.7 Å². The molecule has 2 N–H and O–H groups in total. The first-order chi connectivity index (χ1) is 17.8. The van der Waals surface area contributed by atoms with Crippen LogP contribution in [0.2, 0.25) is 0 Å². The van der Waals surface area contributed by atoms with Gasteiger partial charge in [0.2, 0.25) is 0 Å². The van der Waals surface area contributed by atoms with Gasteiger partial charge in [-0.05, 0) is 87.2 Å². The Balaban J connectivity index is 1.25. The average Bonchev–Trinajstić information content (AvgIpc) is 3.68. The molecule has 2 aliphatic heterocycles. The van der Waals surface area contributed by atoms with Gasteiger partial charge in [0, 0.05) is 54.2 Å². The molecule has 0 unspecified atom stereocenters. The molecule has 6 heterocycles. The number of likely N-dealkylation sites (tertiary alicyclic amines) is 1. The minimum Gasteiger partial charge on any atom is -0.371 e. The SMILES string of the molecule is c1cc(N2CCCCC2)c2cc(-c3n[nH]c4ccc(-c5cncc(CN6CCCC6)c5)nc34)[nH]c2c1. The molecule has 7 nitrogen and oxygen atoms in total. The molecule has 0 radical (unpaired) electrons. The fourth-order valence-corrected chi connectivity index (χ4v) is 5.84. The van der Waals surface area contributed by atoms with Crippen molar-refractivity contribution in [3.63, 3.8) is 0 Å². The second-order valence-corrected chi connectivity index (χ2v) is 10.2. The molecule has 0 atom stereocenters. The Morgan fingerprint density at radius 3 is 2.58 bits per heavy atom. The number of aromatic nitrogens is 5. The zero-order chi connectivity index (χ0) is 23.9. The molecule has 1 aromatic carbocycles. The molecule has 2 saturated heterocycles. The summed E-state index contributed by atoms with van der Waals surface area (Å²) in [7, 11) is 0. The van der Waals surface area contributed by atoms with Crippen LogP contribution in [0.3, 0.4) is 0 Å². The quantitative estimate of drug-likeness (QED) is 0.337. The fourth-order valence-electron chi connectivity index (χ4n) is 5.84. The van der Waals surface area contributed by atoms with Crippen LogP contribution in [0, 0.1) is 0 Å². The maximum Gasteiger partial charge on any atom is 0.135 e. The molecule has 0 amide bonds. The van der Waals surface area contributed by atoms with Crippen molar-refractivity contribution in [3.05, 3.63) is 60.4 Å². The van der Waals surface area contributed by atoms with E-state index in [4.69, 9.17) is 4.98 Å². The summed E-state index contributed by atoms with van der Waals surface area (Å²) < 4.78 is 0. The number of nitrogens with one attached hydrogen (secondary N) is 2. The summed E-state index contributed by atoms with van der Waals surface area (Å²) in [5.74, 6) is 0. The van der Waals surface area contributed by atoms with Gasteiger partial charge < -0.3 is 9.88 Å². The average molecular weight is 478 g/mol. The van der Waals surface area contributed by atoms with Gasteiger partial charge in [0.1, 0.15) is 11.2 Å². The van der Waals surface area contributed by atoms with Crippen LogP contribution in [0.5, 0.6) is 0 Å². The summed E-state index contributed by atoms with van der Waals surface area (Å²) >= 11 is 0. The van der Waals surface area contributed by atoms with Crippen molar-refractivity contribution in [1.29, 1.82) is 0 Å². The van der Waals surface area contributed by atoms with Crippen molar-refractivity contribution in [3.8, 4) is 22.6 Å². The Morgan fingerprint density at radius 2 is 1.69 bits per heavy atom. The first-order valence-electron chi connectivity index (χ1n) is 13.2. The standard InChI is InChI=1S/C29H31N7/c1-2-13-36(14-3-1)27-8-6-7-24-22(27)16-26(31-24)29-28-25(33-34-29)10-9-23(32-28)21-15-20(17-30-18-21)19-35-11-4-5-12-35/h6-10,15-18,31H,1-5,11-14,19H2,(H,33,34). The Hall–Kier alpha value is -3.71. The molecule has 5 aromatic rings. The number of piperidine rings is 1. The lowest BCUT2D eigenvalue weighted by molar-refractivity contribution is 0.331. The normalized spacial score (nSPS) is 16.9. The van der Waals surface area contributed by atoms with Crippen molar-refractivity contribution in [2.45, 2.75) is 38.6 Å². The van der Waals surface area contributed by atoms with E-state index in [0.29, 0.717) is 0 Å². The number of benzene rings is 1. The minimum atomic E-state index is 0.855. The second kappa shape index (κ2) is 9.06. The van der Waals surface area contributed by atoms with Gasteiger partial charge in [0.05, 0.1) is 16.9 Å². The largest absolute Gasteiger partial charge is 0.371 e. The Bertz CT molecular complexity index is 1520. The molecule has 2 fully saturated rings. The van der Waals surface area contributed by atoms with E-state index in [1.807, 2.05) is 12.4 Å². The predicted octanol–water partition coefficient (Wildman–Crippen LogP) is 5.75. The molecule has 0 saturated carbocycles. The van der Waals surface area contributed by atoms with E-state index in [1.165, 1.54) is 61.8 Å². The summed E-state index contributed by atoms with van der Waals surface area (Å²) in [6, 6.07) is 15.1. The van der Waals surface area contributed by atoms with E-state index in [0.717, 1.165) is 58.8 Å². The van der Waals surface area contributed by atoms with Gasteiger partial charge in [0.15, 0.2) is 0 Å². The zero-order valence-electron chi connectivity index (χ0n) is 20.5. The summed E-state index contributed by atoms with van der Waals surface area (Å²) in [6.45, 7) is 5.56. The van der Waals surface area contributed by atoms with Crippen LogP contribution in [0.15, 0.2) is 54.9 Å². The van der Waals surface area contributed by atoms with E-state index in [2.05, 4.69) is 72.4 Å². The highest BCUT2D eigenvalue weighted by Gasteiger charge is 2.18. The number of rotatable bonds is 5. The number of fused-ring (bicyclic) bond motifs is 2. The zero-order valence-corrected chi connectivity index (χ0v) is 20.5. The van der Waals surface area contributed by atoms with E-state index < -0.39 is 0 Å². The molecule has 7 rings (SSSR count). The van der Waals surface area contributed by atoms with Crippen molar-refractivity contribution in [1.82, 2.24) is 30.0 Å². The van der Waals surface area contributed by atoms with Crippen LogP contribution in [-0.2, 0) is 6.54 Å². The van der Waals surface area contributed by atoms with Gasteiger partial charge in [-0.3, -0.25) is 15.0 Å². The molecular weight excluding hydrogens is 446 g/mol. The van der Waals surface area contributed by atoms with Gasteiger partial charge >= 0.3 is 0 Å². The van der Waals surface area contributed by atoms with Crippen LogP contribution in [0.1, 0.15) is 37.7 Å². The maximum absolute atomic E-state index is 5.06. The summed E-state index contributed by atoms with van der Waals surface area (Å²) in [4.78, 5) is 18.2. The van der Waals surface area contributed by atoms with Crippen molar-refractivity contribution in [2.75, 3.05) is 31.1 Å². The molecule has 0 spiro atoms. The molecule has 0 bridgehead atoms. The Kier molecular flexibility index (Phi) is 5.43. The third kappa shape index (κ3) is 3.93. The Morgan fingerprint density at radius 1 is 0.833 bits per heavy atom. The van der Waals surface area contributed by atoms with Crippen LogP contribution in [0.4, 0.5) is 5.69 Å². The molecule has 182 valence electrons. The number of hydrogen-bond acceptors (Lipinski definition) is 5. The van der Waals surface area contributed by atoms with Gasteiger partial charge in [-0.2, -0.15) is 5.10 Å². The second-order valence-electron chi connectivity index (χ2n) is 10.2. The molecule has 0 aliphatic carbocycles. The van der Waals surface area contributed by atoms with Crippen LogP contribution in [0.25, 0.3) is 44.6 Å². The highest BCUT2D eigenvalue weighted by Crippen LogP contribution is 2.34. The molecule has 36 heavy (non-hydrogen) atoms. The van der Waals surface area contributed by atoms with E-state index in [1.54, 1.807) is 0 Å². The first-order valence-corrected chi connectivity index (χ1v) is 13.2. The fraction of sp³-hybridized carbons (Fsp3) is 0.345. The van der Waals surface area contributed by atoms with Crippen molar-refractivity contribution >= 4 is 27.6 Å². The summed E-state index contributed by atoms with van der Waals surface area (Å²) in [6.07, 6.45) is 10.3. The van der Waals surface area contributed by atoms with Crippen LogP contribution >= 0.6 is 0 Å². The lowest BCUT2D eigenvalue weighted by atomic mass is 10.1. The van der Waals surface area contributed by atoms with Crippen molar-refractivity contribution < 1.29 is 0 Å². The first kappa shape index (κ1) is 21.6. The number of aromatic amines is 2. The van der Waals surface area contributed by atoms with Gasteiger partial charge in [0.25, 0.3) is 0 Å². The molecule has 4 aromatic heterocycles.